The number of esters is 2. The maximum Gasteiger partial charge on any atom is 0.327 e. The van der Waals surface area contributed by atoms with Crippen molar-refractivity contribution in [2.75, 3.05) is 19.6 Å². The summed E-state index contributed by atoms with van der Waals surface area (Å²) in [5.74, 6) is -0.0723. The number of carbonyl (C=O) groups is 2. The first-order valence-corrected chi connectivity index (χ1v) is 5.91. The number of rotatable bonds is 2. The van der Waals surface area contributed by atoms with Crippen LogP contribution in [0.15, 0.2) is 24.3 Å². The smallest absolute Gasteiger partial charge is 0.327 e. The molecule has 1 aromatic carbocycles. The third-order valence-corrected chi connectivity index (χ3v) is 3.11. The van der Waals surface area contributed by atoms with Gasteiger partial charge < -0.3 is 9.47 Å². The van der Waals surface area contributed by atoms with Gasteiger partial charge in [-0.25, -0.2) is 0 Å². The highest BCUT2D eigenvalue weighted by Gasteiger charge is 2.30. The maximum absolute atomic E-state index is 11.2. The zero-order chi connectivity index (χ0) is 12.5. The van der Waals surface area contributed by atoms with E-state index < -0.39 is 11.9 Å². The van der Waals surface area contributed by atoms with Crippen molar-refractivity contribution >= 4 is 11.9 Å². The molecule has 0 radical (unpaired) electrons. The quantitative estimate of drug-likeness (QED) is 0.558. The monoisotopic (exact) mass is 247 g/mol. The van der Waals surface area contributed by atoms with E-state index in [9.17, 15) is 9.59 Å². The van der Waals surface area contributed by atoms with E-state index in [1.54, 1.807) is 4.90 Å². The highest BCUT2D eigenvalue weighted by Crippen LogP contribution is 2.28. The van der Waals surface area contributed by atoms with Crippen molar-refractivity contribution in [3.8, 4) is 5.75 Å². The zero-order valence-corrected chi connectivity index (χ0v) is 9.80. The van der Waals surface area contributed by atoms with Crippen LogP contribution < -0.4 is 4.74 Å². The molecule has 18 heavy (non-hydrogen) atoms. The molecule has 0 N–H and O–H groups in total. The van der Waals surface area contributed by atoms with Gasteiger partial charge in [0.25, 0.3) is 0 Å². The Balaban J connectivity index is 1.62. The number of hydrogen-bond donors (Lipinski definition) is 0. The molecule has 1 saturated heterocycles. The van der Waals surface area contributed by atoms with Crippen molar-refractivity contribution in [3.05, 3.63) is 29.8 Å². The summed E-state index contributed by atoms with van der Waals surface area (Å²) < 4.78 is 10.3. The number of nitrogens with zero attached hydrogens (tertiary/aromatic N) is 1. The second-order valence-corrected chi connectivity index (χ2v) is 4.57. The molecule has 0 bridgehead atoms. The minimum absolute atomic E-state index is 0.00102. The summed E-state index contributed by atoms with van der Waals surface area (Å²) in [6.45, 7) is 0.874. The van der Waals surface area contributed by atoms with Gasteiger partial charge in [0.15, 0.2) is 0 Å². The second-order valence-electron chi connectivity index (χ2n) is 4.57. The topological polar surface area (TPSA) is 55.8 Å². The minimum Gasteiger partial charge on any atom is -0.488 e. The predicted molar refractivity (Wildman–Crippen MR) is 62.1 cm³/mol. The molecule has 5 nitrogen and oxygen atoms in total. The molecule has 1 fully saturated rings. The summed E-state index contributed by atoms with van der Waals surface area (Å²) in [4.78, 5) is 24.1. The SMILES string of the molecule is O=C1CN(CC2Cc3ccccc3O2)CC(=O)O1. The molecule has 1 unspecified atom stereocenters. The van der Waals surface area contributed by atoms with Gasteiger partial charge in [-0.15, -0.1) is 0 Å². The van der Waals surface area contributed by atoms with Crippen molar-refractivity contribution in [3.63, 3.8) is 0 Å². The number of carbonyl (C=O) groups excluding carboxylic acids is 2. The van der Waals surface area contributed by atoms with Gasteiger partial charge in [0.05, 0.1) is 13.1 Å². The van der Waals surface area contributed by atoms with Gasteiger partial charge in [-0.1, -0.05) is 18.2 Å². The van der Waals surface area contributed by atoms with Gasteiger partial charge in [-0.3, -0.25) is 14.5 Å². The summed E-state index contributed by atoms with van der Waals surface area (Å²) in [6, 6.07) is 7.88. The van der Waals surface area contributed by atoms with Crippen molar-refractivity contribution < 1.29 is 19.1 Å². The minimum atomic E-state index is -0.484. The van der Waals surface area contributed by atoms with E-state index in [1.165, 1.54) is 5.56 Å². The summed E-state index contributed by atoms with van der Waals surface area (Å²) in [7, 11) is 0. The van der Waals surface area contributed by atoms with Gasteiger partial charge >= 0.3 is 11.9 Å². The molecular weight excluding hydrogens is 234 g/mol. The lowest BCUT2D eigenvalue weighted by Crippen LogP contribution is -2.46. The first-order valence-electron chi connectivity index (χ1n) is 5.91. The Kier molecular flexibility index (Phi) is 2.76. The van der Waals surface area contributed by atoms with Crippen LogP contribution >= 0.6 is 0 Å². The predicted octanol–water partition coefficient (Wildman–Crippen LogP) is 0.375. The van der Waals surface area contributed by atoms with E-state index in [2.05, 4.69) is 4.74 Å². The molecule has 94 valence electrons. The van der Waals surface area contributed by atoms with Gasteiger partial charge in [0.2, 0.25) is 0 Å². The third kappa shape index (κ3) is 2.22. The van der Waals surface area contributed by atoms with Crippen LogP contribution in [0, 0.1) is 0 Å². The van der Waals surface area contributed by atoms with Crippen LogP contribution in [0.1, 0.15) is 5.56 Å². The van der Waals surface area contributed by atoms with Crippen LogP contribution in [0.5, 0.6) is 5.75 Å². The average Bonchev–Trinajstić information content (AvgIpc) is 2.69. The standard InChI is InChI=1S/C13H13NO4/c15-12-7-14(8-13(16)18-12)6-10-5-9-3-1-2-4-11(9)17-10/h1-4,10H,5-8H2. The molecule has 0 amide bonds. The van der Waals surface area contributed by atoms with Crippen LogP contribution in [0.3, 0.4) is 0 Å². The molecule has 5 heteroatoms. The van der Waals surface area contributed by atoms with Crippen LogP contribution in [-0.4, -0.2) is 42.6 Å². The van der Waals surface area contributed by atoms with Crippen LogP contribution in [0.2, 0.25) is 0 Å². The van der Waals surface area contributed by atoms with E-state index in [4.69, 9.17) is 4.74 Å². The van der Waals surface area contributed by atoms with Gasteiger partial charge in [-0.2, -0.15) is 0 Å². The maximum atomic E-state index is 11.2. The van der Waals surface area contributed by atoms with E-state index in [1.807, 2.05) is 24.3 Å². The molecule has 1 aromatic rings. The number of hydrogen-bond acceptors (Lipinski definition) is 5. The van der Waals surface area contributed by atoms with Crippen molar-refractivity contribution in [1.29, 1.82) is 0 Å². The fraction of sp³-hybridized carbons (Fsp3) is 0.385. The van der Waals surface area contributed by atoms with Crippen molar-refractivity contribution in [1.82, 2.24) is 4.90 Å². The molecule has 0 aromatic heterocycles. The fourth-order valence-electron chi connectivity index (χ4n) is 2.39. The highest BCUT2D eigenvalue weighted by molar-refractivity contribution is 5.90. The van der Waals surface area contributed by atoms with Crippen LogP contribution in [-0.2, 0) is 20.7 Å². The Bertz CT molecular complexity index is 459. The lowest BCUT2D eigenvalue weighted by Gasteiger charge is -2.26. The first-order chi connectivity index (χ1) is 8.70. The molecule has 0 aliphatic carbocycles. The molecule has 3 rings (SSSR count). The number of benzene rings is 1. The molecular formula is C13H13NO4. The van der Waals surface area contributed by atoms with Crippen molar-refractivity contribution in [2.24, 2.45) is 0 Å². The van der Waals surface area contributed by atoms with Gasteiger partial charge in [0.1, 0.15) is 11.9 Å². The van der Waals surface area contributed by atoms with E-state index in [0.29, 0.717) is 6.54 Å². The van der Waals surface area contributed by atoms with E-state index in [0.717, 1.165) is 12.2 Å². The largest absolute Gasteiger partial charge is 0.488 e. The second kappa shape index (κ2) is 4.42. The van der Waals surface area contributed by atoms with E-state index in [-0.39, 0.29) is 19.2 Å². The number of fused-ring (bicyclic) bond motifs is 1. The first kappa shape index (κ1) is 11.2. The fourth-order valence-corrected chi connectivity index (χ4v) is 2.39. The Morgan fingerprint density at radius 2 is 1.89 bits per heavy atom. The van der Waals surface area contributed by atoms with Crippen LogP contribution in [0.4, 0.5) is 0 Å². The zero-order valence-electron chi connectivity index (χ0n) is 9.80. The molecule has 1 atom stereocenters. The Labute approximate surface area is 104 Å². The molecule has 2 aliphatic rings. The summed E-state index contributed by atoms with van der Waals surface area (Å²) in [6.07, 6.45) is 0.816. The number of morpholine rings is 1. The highest BCUT2D eigenvalue weighted by atomic mass is 16.6. The number of ether oxygens (including phenoxy) is 2. The number of cyclic esters (lactones) is 2. The lowest BCUT2D eigenvalue weighted by molar-refractivity contribution is -0.167. The Morgan fingerprint density at radius 3 is 2.61 bits per heavy atom. The Morgan fingerprint density at radius 1 is 1.17 bits per heavy atom. The average molecular weight is 247 g/mol. The molecule has 0 saturated carbocycles. The summed E-state index contributed by atoms with van der Waals surface area (Å²) in [5, 5.41) is 0. The summed E-state index contributed by atoms with van der Waals surface area (Å²) in [5.41, 5.74) is 1.17. The van der Waals surface area contributed by atoms with Crippen LogP contribution in [0.25, 0.3) is 0 Å². The summed E-state index contributed by atoms with van der Waals surface area (Å²) >= 11 is 0. The normalized spacial score (nSPS) is 23.4. The van der Waals surface area contributed by atoms with E-state index >= 15 is 0 Å². The van der Waals surface area contributed by atoms with Crippen molar-refractivity contribution in [2.45, 2.75) is 12.5 Å². The molecule has 0 spiro atoms. The molecule has 2 heterocycles. The molecule has 2 aliphatic heterocycles. The van der Waals surface area contributed by atoms with Gasteiger partial charge in [-0.05, 0) is 11.6 Å². The van der Waals surface area contributed by atoms with Gasteiger partial charge in [0, 0.05) is 13.0 Å². The lowest BCUT2D eigenvalue weighted by atomic mass is 10.1. The third-order valence-electron chi connectivity index (χ3n) is 3.11. The Hall–Kier alpha value is -1.88. The number of para-hydroxylation sites is 1.